The second-order valence-electron chi connectivity index (χ2n) is 7.60. The second-order valence-corrected chi connectivity index (χ2v) is 7.60. The Kier molecular flexibility index (Phi) is 3.71. The molecule has 2 heterocycles. The molecule has 0 bridgehead atoms. The van der Waals surface area contributed by atoms with Crippen molar-refractivity contribution in [2.75, 3.05) is 26.2 Å². The molecule has 4 rings (SSSR count). The Balaban J connectivity index is 1.37. The Hall–Kier alpha value is -1.32. The lowest BCUT2D eigenvalue weighted by molar-refractivity contribution is -0.141. The van der Waals surface area contributed by atoms with Gasteiger partial charge in [0, 0.05) is 32.1 Å². The fraction of sp³-hybridized carbons (Fsp3) is 0.778. The monoisotopic (exact) mass is 302 g/mol. The summed E-state index contributed by atoms with van der Waals surface area (Å²) < 4.78 is 0. The van der Waals surface area contributed by atoms with E-state index in [1.54, 1.807) is 0 Å². The van der Waals surface area contributed by atoms with Crippen LogP contribution in [0, 0.1) is 23.7 Å². The van der Waals surface area contributed by atoms with E-state index in [1.807, 2.05) is 4.90 Å². The van der Waals surface area contributed by atoms with Crippen molar-refractivity contribution in [2.45, 2.75) is 38.5 Å². The summed E-state index contributed by atoms with van der Waals surface area (Å²) in [5.41, 5.74) is 0. The first-order valence-corrected chi connectivity index (χ1v) is 8.95. The molecule has 0 aromatic heterocycles. The zero-order valence-electron chi connectivity index (χ0n) is 13.2. The summed E-state index contributed by atoms with van der Waals surface area (Å²) in [5, 5.41) is 0. The highest BCUT2D eigenvalue weighted by atomic mass is 16.2. The van der Waals surface area contributed by atoms with Crippen molar-refractivity contribution in [1.82, 2.24) is 9.80 Å². The molecule has 3 fully saturated rings. The standard InChI is InChI=1S/C18H26N2O2/c21-17(13-7-8-13)19-9-3-6-16(12-19)18(22)20-10-14-4-1-2-5-15(14)11-20/h1-2,13-16H,3-12H2. The van der Waals surface area contributed by atoms with Crippen molar-refractivity contribution in [3.63, 3.8) is 0 Å². The first-order chi connectivity index (χ1) is 10.7. The SMILES string of the molecule is O=C(C1CC1)N1CCCC(C(=O)N2CC3CC=CCC3C2)C1. The van der Waals surface area contributed by atoms with E-state index in [1.165, 1.54) is 0 Å². The molecular weight excluding hydrogens is 276 g/mol. The van der Waals surface area contributed by atoms with Gasteiger partial charge in [-0.05, 0) is 50.4 Å². The highest BCUT2D eigenvalue weighted by Crippen LogP contribution is 2.35. The molecule has 22 heavy (non-hydrogen) atoms. The maximum absolute atomic E-state index is 12.9. The van der Waals surface area contributed by atoms with Crippen LogP contribution in [0.15, 0.2) is 12.2 Å². The quantitative estimate of drug-likeness (QED) is 0.733. The van der Waals surface area contributed by atoms with Gasteiger partial charge < -0.3 is 9.80 Å². The number of allylic oxidation sites excluding steroid dienone is 2. The molecule has 0 aromatic carbocycles. The average molecular weight is 302 g/mol. The molecule has 4 heteroatoms. The van der Waals surface area contributed by atoms with Gasteiger partial charge in [-0.25, -0.2) is 0 Å². The summed E-state index contributed by atoms with van der Waals surface area (Å²) >= 11 is 0. The molecule has 2 saturated heterocycles. The lowest BCUT2D eigenvalue weighted by atomic mass is 9.86. The fourth-order valence-corrected chi connectivity index (χ4v) is 4.42. The first kappa shape index (κ1) is 14.3. The van der Waals surface area contributed by atoms with Crippen molar-refractivity contribution in [2.24, 2.45) is 23.7 Å². The molecule has 3 atom stereocenters. The average Bonchev–Trinajstić information content (AvgIpc) is 3.32. The van der Waals surface area contributed by atoms with Crippen molar-refractivity contribution < 1.29 is 9.59 Å². The lowest BCUT2D eigenvalue weighted by Crippen LogP contribution is -2.46. The third-order valence-electron chi connectivity index (χ3n) is 5.94. The minimum Gasteiger partial charge on any atom is -0.342 e. The van der Waals surface area contributed by atoms with Gasteiger partial charge in [0.05, 0.1) is 5.92 Å². The van der Waals surface area contributed by atoms with Crippen LogP contribution in [0.2, 0.25) is 0 Å². The van der Waals surface area contributed by atoms with E-state index in [0.29, 0.717) is 30.2 Å². The molecule has 4 nitrogen and oxygen atoms in total. The number of amides is 2. The van der Waals surface area contributed by atoms with Gasteiger partial charge in [-0.1, -0.05) is 12.2 Å². The van der Waals surface area contributed by atoms with Crippen LogP contribution in [-0.4, -0.2) is 47.8 Å². The lowest BCUT2D eigenvalue weighted by Gasteiger charge is -2.34. The molecular formula is C18H26N2O2. The summed E-state index contributed by atoms with van der Waals surface area (Å²) in [6, 6.07) is 0. The fourth-order valence-electron chi connectivity index (χ4n) is 4.42. The number of nitrogens with zero attached hydrogens (tertiary/aromatic N) is 2. The van der Waals surface area contributed by atoms with Crippen LogP contribution in [0.4, 0.5) is 0 Å². The topological polar surface area (TPSA) is 40.6 Å². The van der Waals surface area contributed by atoms with Gasteiger partial charge >= 0.3 is 0 Å². The maximum atomic E-state index is 12.9. The Bertz CT molecular complexity index is 481. The van der Waals surface area contributed by atoms with Gasteiger partial charge in [0.1, 0.15) is 0 Å². The zero-order valence-corrected chi connectivity index (χ0v) is 13.2. The van der Waals surface area contributed by atoms with E-state index in [9.17, 15) is 9.59 Å². The molecule has 120 valence electrons. The molecule has 2 aliphatic carbocycles. The Morgan fingerprint density at radius 3 is 2.05 bits per heavy atom. The highest BCUT2D eigenvalue weighted by Gasteiger charge is 2.40. The van der Waals surface area contributed by atoms with Crippen molar-refractivity contribution in [1.29, 1.82) is 0 Å². The second kappa shape index (κ2) is 5.71. The van der Waals surface area contributed by atoms with Crippen LogP contribution >= 0.6 is 0 Å². The van der Waals surface area contributed by atoms with Crippen molar-refractivity contribution in [3.8, 4) is 0 Å². The summed E-state index contributed by atoms with van der Waals surface area (Å²) in [5.74, 6) is 2.27. The van der Waals surface area contributed by atoms with Crippen LogP contribution in [-0.2, 0) is 9.59 Å². The van der Waals surface area contributed by atoms with E-state index >= 15 is 0 Å². The minimum atomic E-state index is 0.0459. The predicted octanol–water partition coefficient (Wildman–Crippen LogP) is 2.06. The van der Waals surface area contributed by atoms with E-state index in [-0.39, 0.29) is 11.8 Å². The summed E-state index contributed by atoms with van der Waals surface area (Å²) in [7, 11) is 0. The number of piperidine rings is 1. The largest absolute Gasteiger partial charge is 0.342 e. The Morgan fingerprint density at radius 1 is 0.773 bits per heavy atom. The number of carbonyl (C=O) groups excluding carboxylic acids is 2. The van der Waals surface area contributed by atoms with Crippen LogP contribution in [0.3, 0.4) is 0 Å². The Morgan fingerprint density at radius 2 is 1.41 bits per heavy atom. The summed E-state index contributed by atoms with van der Waals surface area (Å²) in [6.07, 6.45) is 10.8. The number of rotatable bonds is 2. The number of carbonyl (C=O) groups is 2. The van der Waals surface area contributed by atoms with Gasteiger partial charge in [0.15, 0.2) is 0 Å². The first-order valence-electron chi connectivity index (χ1n) is 8.95. The van der Waals surface area contributed by atoms with E-state index in [4.69, 9.17) is 0 Å². The van der Waals surface area contributed by atoms with Gasteiger partial charge in [0.2, 0.25) is 11.8 Å². The molecule has 1 saturated carbocycles. The van der Waals surface area contributed by atoms with Gasteiger partial charge in [-0.2, -0.15) is 0 Å². The van der Waals surface area contributed by atoms with Gasteiger partial charge in [-0.15, -0.1) is 0 Å². The molecule has 0 spiro atoms. The summed E-state index contributed by atoms with van der Waals surface area (Å²) in [6.45, 7) is 3.38. The van der Waals surface area contributed by atoms with E-state index in [0.717, 1.165) is 58.2 Å². The summed E-state index contributed by atoms with van der Waals surface area (Å²) in [4.78, 5) is 29.2. The van der Waals surface area contributed by atoms with Crippen LogP contribution in [0.1, 0.15) is 38.5 Å². The molecule has 0 aromatic rings. The molecule has 0 N–H and O–H groups in total. The van der Waals surface area contributed by atoms with Crippen LogP contribution in [0.5, 0.6) is 0 Å². The molecule has 4 aliphatic rings. The normalized spacial score (nSPS) is 34.6. The molecule has 3 unspecified atom stereocenters. The van der Waals surface area contributed by atoms with Crippen LogP contribution < -0.4 is 0 Å². The van der Waals surface area contributed by atoms with Gasteiger partial charge in [0.25, 0.3) is 0 Å². The molecule has 2 amide bonds. The predicted molar refractivity (Wildman–Crippen MR) is 84.0 cm³/mol. The number of likely N-dealkylation sites (tertiary alicyclic amines) is 2. The number of hydrogen-bond donors (Lipinski definition) is 0. The number of fused-ring (bicyclic) bond motifs is 1. The number of hydrogen-bond acceptors (Lipinski definition) is 2. The van der Waals surface area contributed by atoms with E-state index < -0.39 is 0 Å². The van der Waals surface area contributed by atoms with Crippen molar-refractivity contribution in [3.05, 3.63) is 12.2 Å². The third-order valence-corrected chi connectivity index (χ3v) is 5.94. The Labute approximate surface area is 132 Å². The maximum Gasteiger partial charge on any atom is 0.227 e. The zero-order chi connectivity index (χ0) is 15.1. The third kappa shape index (κ3) is 2.68. The smallest absolute Gasteiger partial charge is 0.227 e. The molecule has 2 aliphatic heterocycles. The van der Waals surface area contributed by atoms with Gasteiger partial charge in [-0.3, -0.25) is 9.59 Å². The van der Waals surface area contributed by atoms with Crippen LogP contribution in [0.25, 0.3) is 0 Å². The minimum absolute atomic E-state index is 0.0459. The highest BCUT2D eigenvalue weighted by molar-refractivity contribution is 5.83. The molecule has 0 radical (unpaired) electrons. The van der Waals surface area contributed by atoms with E-state index in [2.05, 4.69) is 17.1 Å². The van der Waals surface area contributed by atoms with Crippen molar-refractivity contribution >= 4 is 11.8 Å².